The summed E-state index contributed by atoms with van der Waals surface area (Å²) in [6.07, 6.45) is 5.73. The van der Waals surface area contributed by atoms with Gasteiger partial charge in [-0.2, -0.15) is 0 Å². The number of ether oxygens (including phenoxy) is 2. The first kappa shape index (κ1) is 14.7. The van der Waals surface area contributed by atoms with E-state index in [-0.39, 0.29) is 11.6 Å². The zero-order valence-electron chi connectivity index (χ0n) is 13.1. The van der Waals surface area contributed by atoms with Crippen molar-refractivity contribution in [1.29, 1.82) is 0 Å². The molecule has 1 aliphatic carbocycles. The summed E-state index contributed by atoms with van der Waals surface area (Å²) in [6.45, 7) is 2.14. The maximum Gasteiger partial charge on any atom is 0.161 e. The summed E-state index contributed by atoms with van der Waals surface area (Å²) in [4.78, 5) is 2.32. The fourth-order valence-corrected chi connectivity index (χ4v) is 3.06. The first-order valence-corrected chi connectivity index (χ1v) is 7.89. The van der Waals surface area contributed by atoms with Gasteiger partial charge in [0.2, 0.25) is 0 Å². The van der Waals surface area contributed by atoms with Crippen molar-refractivity contribution in [3.05, 3.63) is 23.8 Å². The van der Waals surface area contributed by atoms with E-state index in [1.165, 1.54) is 12.0 Å². The van der Waals surface area contributed by atoms with Crippen molar-refractivity contribution < 1.29 is 9.47 Å². The smallest absolute Gasteiger partial charge is 0.161 e. The molecule has 0 spiro atoms. The maximum atomic E-state index is 6.22. The summed E-state index contributed by atoms with van der Waals surface area (Å²) in [7, 11) is 3.84. The van der Waals surface area contributed by atoms with E-state index in [1.54, 1.807) is 7.11 Å². The molecule has 2 fully saturated rings. The van der Waals surface area contributed by atoms with E-state index in [9.17, 15) is 0 Å². The number of hydrogen-bond acceptors (Lipinski definition) is 4. The fraction of sp³-hybridized carbons (Fsp3) is 0.647. The Bertz CT molecular complexity index is 500. The molecular weight excluding hydrogens is 264 g/mol. The Morgan fingerprint density at radius 2 is 2.14 bits per heavy atom. The van der Waals surface area contributed by atoms with E-state index in [1.807, 2.05) is 6.07 Å². The number of methoxy groups -OCH3 is 1. The summed E-state index contributed by atoms with van der Waals surface area (Å²) in [6, 6.07) is 6.22. The monoisotopic (exact) mass is 290 g/mol. The summed E-state index contributed by atoms with van der Waals surface area (Å²) in [5.74, 6) is 1.67. The van der Waals surface area contributed by atoms with Crippen molar-refractivity contribution in [2.75, 3.05) is 27.2 Å². The minimum absolute atomic E-state index is 0.0247. The number of hydrogen-bond donors (Lipinski definition) is 1. The third-order valence-corrected chi connectivity index (χ3v) is 4.55. The van der Waals surface area contributed by atoms with E-state index in [4.69, 9.17) is 15.2 Å². The largest absolute Gasteiger partial charge is 0.493 e. The van der Waals surface area contributed by atoms with Crippen LogP contribution in [0, 0.1) is 0 Å². The predicted molar refractivity (Wildman–Crippen MR) is 84.0 cm³/mol. The van der Waals surface area contributed by atoms with E-state index in [0.29, 0.717) is 0 Å². The van der Waals surface area contributed by atoms with Crippen LogP contribution in [0.25, 0.3) is 0 Å². The van der Waals surface area contributed by atoms with E-state index >= 15 is 0 Å². The summed E-state index contributed by atoms with van der Waals surface area (Å²) in [5, 5.41) is 0. The molecule has 1 aromatic carbocycles. The summed E-state index contributed by atoms with van der Waals surface area (Å²) in [5.41, 5.74) is 7.49. The first-order valence-electron chi connectivity index (χ1n) is 7.89. The van der Waals surface area contributed by atoms with Crippen LogP contribution in [0.3, 0.4) is 0 Å². The quantitative estimate of drug-likeness (QED) is 0.903. The van der Waals surface area contributed by atoms with Gasteiger partial charge in [0.25, 0.3) is 0 Å². The predicted octanol–water partition coefficient (Wildman–Crippen LogP) is 2.20. The number of nitrogens with zero attached hydrogens (tertiary/aromatic N) is 1. The average molecular weight is 290 g/mol. The number of likely N-dealkylation sites (N-methyl/N-ethyl adjacent to an activating group) is 1. The molecule has 1 saturated heterocycles. The van der Waals surface area contributed by atoms with E-state index in [2.05, 4.69) is 24.1 Å². The molecule has 1 aliphatic heterocycles. The Morgan fingerprint density at radius 3 is 2.81 bits per heavy atom. The highest BCUT2D eigenvalue weighted by molar-refractivity contribution is 5.44. The molecule has 2 N–H and O–H groups in total. The van der Waals surface area contributed by atoms with Crippen molar-refractivity contribution in [3.8, 4) is 11.5 Å². The second kappa shape index (κ2) is 5.85. The second-order valence-electron chi connectivity index (χ2n) is 6.67. The molecule has 1 aromatic rings. The zero-order valence-corrected chi connectivity index (χ0v) is 13.1. The molecule has 1 heterocycles. The SMILES string of the molecule is COc1ccc(CC2(N)CC2)cc1OC1CCCN(C)C1. The van der Waals surface area contributed by atoms with Crippen LogP contribution < -0.4 is 15.2 Å². The molecule has 0 bridgehead atoms. The van der Waals surface area contributed by atoms with E-state index in [0.717, 1.165) is 50.3 Å². The van der Waals surface area contributed by atoms with Gasteiger partial charge >= 0.3 is 0 Å². The van der Waals surface area contributed by atoms with Crippen LogP contribution in [0.2, 0.25) is 0 Å². The van der Waals surface area contributed by atoms with Gasteiger partial charge in [0.05, 0.1) is 7.11 Å². The van der Waals surface area contributed by atoms with Crippen LogP contribution in [0.5, 0.6) is 11.5 Å². The molecule has 116 valence electrons. The summed E-state index contributed by atoms with van der Waals surface area (Å²) >= 11 is 0. The molecule has 3 rings (SSSR count). The Morgan fingerprint density at radius 1 is 1.33 bits per heavy atom. The third kappa shape index (κ3) is 3.69. The molecule has 21 heavy (non-hydrogen) atoms. The van der Waals surface area contributed by atoms with Crippen molar-refractivity contribution in [1.82, 2.24) is 4.90 Å². The van der Waals surface area contributed by atoms with Gasteiger partial charge in [-0.15, -0.1) is 0 Å². The average Bonchev–Trinajstić information content (AvgIpc) is 3.16. The van der Waals surface area contributed by atoms with Crippen LogP contribution >= 0.6 is 0 Å². The lowest BCUT2D eigenvalue weighted by atomic mass is 10.0. The molecule has 2 aliphatic rings. The van der Waals surface area contributed by atoms with Gasteiger partial charge in [0, 0.05) is 12.1 Å². The molecule has 0 amide bonds. The lowest BCUT2D eigenvalue weighted by Crippen LogP contribution is -2.38. The molecule has 1 atom stereocenters. The lowest BCUT2D eigenvalue weighted by Gasteiger charge is -2.30. The number of nitrogens with two attached hydrogens (primary N) is 1. The van der Waals surface area contributed by atoms with Crippen molar-refractivity contribution in [2.24, 2.45) is 5.73 Å². The molecule has 4 heteroatoms. The lowest BCUT2D eigenvalue weighted by molar-refractivity contribution is 0.101. The first-order chi connectivity index (χ1) is 10.1. The van der Waals surface area contributed by atoms with Gasteiger partial charge in [-0.3, -0.25) is 0 Å². The topological polar surface area (TPSA) is 47.7 Å². The van der Waals surface area contributed by atoms with Crippen LogP contribution in [0.1, 0.15) is 31.2 Å². The van der Waals surface area contributed by atoms with Gasteiger partial charge in [-0.05, 0) is 63.4 Å². The van der Waals surface area contributed by atoms with Gasteiger partial charge in [0.1, 0.15) is 6.10 Å². The molecule has 1 saturated carbocycles. The summed E-state index contributed by atoms with van der Waals surface area (Å²) < 4.78 is 11.7. The number of benzene rings is 1. The maximum absolute atomic E-state index is 6.22. The number of piperidine rings is 1. The van der Waals surface area contributed by atoms with Gasteiger partial charge in [0.15, 0.2) is 11.5 Å². The van der Waals surface area contributed by atoms with Gasteiger partial charge in [-0.1, -0.05) is 6.07 Å². The van der Waals surface area contributed by atoms with Crippen molar-refractivity contribution in [3.63, 3.8) is 0 Å². The zero-order chi connectivity index (χ0) is 14.9. The highest BCUT2D eigenvalue weighted by Gasteiger charge is 2.38. The van der Waals surface area contributed by atoms with Gasteiger partial charge in [-0.25, -0.2) is 0 Å². The van der Waals surface area contributed by atoms with E-state index < -0.39 is 0 Å². The number of rotatable bonds is 5. The Hall–Kier alpha value is -1.26. The van der Waals surface area contributed by atoms with Crippen molar-refractivity contribution >= 4 is 0 Å². The van der Waals surface area contributed by atoms with Crippen molar-refractivity contribution in [2.45, 2.75) is 43.7 Å². The molecule has 0 radical (unpaired) electrons. The standard InChI is InChI=1S/C17H26N2O2/c1-19-9-3-4-14(12-19)21-16-10-13(5-6-15(16)20-2)11-17(18)7-8-17/h5-6,10,14H,3-4,7-9,11-12,18H2,1-2H3. The second-order valence-corrected chi connectivity index (χ2v) is 6.67. The van der Waals surface area contributed by atoms with Crippen LogP contribution in [0.15, 0.2) is 18.2 Å². The molecular formula is C17H26N2O2. The van der Waals surface area contributed by atoms with Crippen LogP contribution in [-0.2, 0) is 6.42 Å². The Labute approximate surface area is 127 Å². The molecule has 0 aromatic heterocycles. The fourth-order valence-electron chi connectivity index (χ4n) is 3.06. The number of likely N-dealkylation sites (tertiary alicyclic amines) is 1. The third-order valence-electron chi connectivity index (χ3n) is 4.55. The normalized spacial score (nSPS) is 24.6. The highest BCUT2D eigenvalue weighted by Crippen LogP contribution is 2.38. The van der Waals surface area contributed by atoms with Crippen LogP contribution in [-0.4, -0.2) is 43.8 Å². The highest BCUT2D eigenvalue weighted by atomic mass is 16.5. The van der Waals surface area contributed by atoms with Crippen LogP contribution in [0.4, 0.5) is 0 Å². The molecule has 4 nitrogen and oxygen atoms in total. The Kier molecular flexibility index (Phi) is 4.09. The Balaban J connectivity index is 1.73. The van der Waals surface area contributed by atoms with Gasteiger partial charge < -0.3 is 20.1 Å². The minimum Gasteiger partial charge on any atom is -0.493 e. The molecule has 1 unspecified atom stereocenters. The minimum atomic E-state index is 0.0247.